The monoisotopic (exact) mass is 338 g/mol. The highest BCUT2D eigenvalue weighted by Crippen LogP contribution is 2.22. The summed E-state index contributed by atoms with van der Waals surface area (Å²) in [6.07, 6.45) is 0. The van der Waals surface area contributed by atoms with Gasteiger partial charge in [0.2, 0.25) is 5.76 Å². The molecule has 6 nitrogen and oxygen atoms in total. The zero-order valence-corrected chi connectivity index (χ0v) is 12.3. The molecular weight excluding hydrogens is 328 g/mol. The van der Waals surface area contributed by atoms with E-state index >= 15 is 0 Å². The summed E-state index contributed by atoms with van der Waals surface area (Å²) in [5, 5.41) is 11.6. The number of nitrogens with zero attached hydrogens (tertiary/aromatic N) is 1. The van der Waals surface area contributed by atoms with Crippen LogP contribution < -0.4 is 5.32 Å². The molecule has 1 amide bonds. The van der Waals surface area contributed by atoms with Crippen LogP contribution in [-0.4, -0.2) is 22.0 Å². The van der Waals surface area contributed by atoms with Gasteiger partial charge in [-0.2, -0.15) is 0 Å². The van der Waals surface area contributed by atoms with Gasteiger partial charge in [0, 0.05) is 17.1 Å². The number of anilines is 1. The third kappa shape index (κ3) is 2.88. The number of carboxylic acids is 1. The van der Waals surface area contributed by atoms with E-state index in [0.717, 1.165) is 0 Å². The van der Waals surface area contributed by atoms with Crippen LogP contribution in [0.25, 0.3) is 0 Å². The molecule has 0 aliphatic rings. The SMILES string of the molecule is Cc1nc(C)c(C(=O)Nc2ccc(Br)c(C(=O)O)c2)o1. The first-order valence-corrected chi connectivity index (χ1v) is 6.46. The Labute approximate surface area is 122 Å². The number of benzene rings is 1. The number of nitrogens with one attached hydrogen (secondary N) is 1. The maximum absolute atomic E-state index is 12.0. The molecule has 0 saturated heterocycles. The lowest BCUT2D eigenvalue weighted by Gasteiger charge is -2.06. The minimum absolute atomic E-state index is 0.0632. The second-order valence-electron chi connectivity index (χ2n) is 4.10. The van der Waals surface area contributed by atoms with Crippen molar-refractivity contribution < 1.29 is 19.1 Å². The molecule has 2 aromatic rings. The molecule has 0 aliphatic heterocycles. The van der Waals surface area contributed by atoms with Crippen LogP contribution in [0.5, 0.6) is 0 Å². The van der Waals surface area contributed by atoms with E-state index in [9.17, 15) is 9.59 Å². The Balaban J connectivity index is 2.26. The second kappa shape index (κ2) is 5.46. The molecule has 0 fully saturated rings. The molecule has 0 aliphatic carbocycles. The van der Waals surface area contributed by atoms with Gasteiger partial charge in [0.25, 0.3) is 5.91 Å². The average molecular weight is 339 g/mol. The molecular formula is C13H11BrN2O4. The zero-order chi connectivity index (χ0) is 14.9. The molecule has 0 bridgehead atoms. The van der Waals surface area contributed by atoms with Gasteiger partial charge in [0.05, 0.1) is 11.3 Å². The molecule has 0 saturated carbocycles. The van der Waals surface area contributed by atoms with Gasteiger partial charge in [0.15, 0.2) is 5.89 Å². The third-order valence-corrected chi connectivity index (χ3v) is 3.26. The van der Waals surface area contributed by atoms with E-state index in [1.807, 2.05) is 0 Å². The number of amides is 1. The smallest absolute Gasteiger partial charge is 0.336 e. The van der Waals surface area contributed by atoms with Crippen molar-refractivity contribution in [2.75, 3.05) is 5.32 Å². The molecule has 2 N–H and O–H groups in total. The minimum atomic E-state index is -1.08. The standard InChI is InChI=1S/C13H11BrN2O4/c1-6-11(20-7(2)15-6)12(17)16-8-3-4-10(14)9(5-8)13(18)19/h3-5H,1-2H3,(H,16,17)(H,18,19). The Hall–Kier alpha value is -2.15. The Morgan fingerprint density at radius 1 is 1.35 bits per heavy atom. The third-order valence-electron chi connectivity index (χ3n) is 2.56. The fourth-order valence-corrected chi connectivity index (χ4v) is 2.11. The maximum Gasteiger partial charge on any atom is 0.336 e. The number of aromatic nitrogens is 1. The normalized spacial score (nSPS) is 10.3. The van der Waals surface area contributed by atoms with Gasteiger partial charge in [0.1, 0.15) is 0 Å². The van der Waals surface area contributed by atoms with Crippen molar-refractivity contribution in [2.45, 2.75) is 13.8 Å². The lowest BCUT2D eigenvalue weighted by atomic mass is 10.2. The molecule has 1 heterocycles. The van der Waals surface area contributed by atoms with E-state index in [-0.39, 0.29) is 11.3 Å². The summed E-state index contributed by atoms with van der Waals surface area (Å²) < 4.78 is 5.64. The van der Waals surface area contributed by atoms with Crippen LogP contribution in [0.1, 0.15) is 32.5 Å². The number of aryl methyl sites for hydroxylation is 2. The lowest BCUT2D eigenvalue weighted by molar-refractivity contribution is 0.0695. The number of rotatable bonds is 3. The number of aromatic carboxylic acids is 1. The van der Waals surface area contributed by atoms with E-state index < -0.39 is 11.9 Å². The van der Waals surface area contributed by atoms with E-state index in [2.05, 4.69) is 26.2 Å². The van der Waals surface area contributed by atoms with Crippen LogP contribution in [0.3, 0.4) is 0 Å². The molecule has 20 heavy (non-hydrogen) atoms. The number of carbonyl (C=O) groups excluding carboxylic acids is 1. The quantitative estimate of drug-likeness (QED) is 0.897. The van der Waals surface area contributed by atoms with Crippen LogP contribution in [0, 0.1) is 13.8 Å². The predicted molar refractivity (Wildman–Crippen MR) is 75.0 cm³/mol. The number of oxazole rings is 1. The van der Waals surface area contributed by atoms with Crippen molar-refractivity contribution in [1.29, 1.82) is 0 Å². The summed E-state index contributed by atoms with van der Waals surface area (Å²) in [7, 11) is 0. The van der Waals surface area contributed by atoms with Crippen LogP contribution in [0.2, 0.25) is 0 Å². The number of hydrogen-bond acceptors (Lipinski definition) is 4. The first kappa shape index (κ1) is 14.3. The molecule has 104 valence electrons. The van der Waals surface area contributed by atoms with Crippen LogP contribution in [0.15, 0.2) is 27.1 Å². The van der Waals surface area contributed by atoms with E-state index in [4.69, 9.17) is 9.52 Å². The Kier molecular flexibility index (Phi) is 3.89. The summed E-state index contributed by atoms with van der Waals surface area (Å²) in [6.45, 7) is 3.31. The Morgan fingerprint density at radius 3 is 2.60 bits per heavy atom. The second-order valence-corrected chi connectivity index (χ2v) is 4.96. The van der Waals surface area contributed by atoms with Crippen molar-refractivity contribution in [3.8, 4) is 0 Å². The first-order valence-electron chi connectivity index (χ1n) is 5.66. The van der Waals surface area contributed by atoms with Gasteiger partial charge in [-0.15, -0.1) is 0 Å². The molecule has 7 heteroatoms. The fraction of sp³-hybridized carbons (Fsp3) is 0.154. The summed E-state index contributed by atoms with van der Waals surface area (Å²) in [5.41, 5.74) is 0.910. The van der Waals surface area contributed by atoms with Crippen LogP contribution in [-0.2, 0) is 0 Å². The van der Waals surface area contributed by atoms with Crippen molar-refractivity contribution in [1.82, 2.24) is 4.98 Å². The predicted octanol–water partition coefficient (Wildman–Crippen LogP) is 3.00. The molecule has 1 aromatic heterocycles. The Morgan fingerprint density at radius 2 is 2.05 bits per heavy atom. The van der Waals surface area contributed by atoms with Crippen molar-refractivity contribution in [3.63, 3.8) is 0 Å². The number of carboxylic acid groups (broad SMARTS) is 1. The zero-order valence-electron chi connectivity index (χ0n) is 10.7. The van der Waals surface area contributed by atoms with Gasteiger partial charge in [-0.3, -0.25) is 4.79 Å². The van der Waals surface area contributed by atoms with E-state index in [1.54, 1.807) is 26.0 Å². The molecule has 2 rings (SSSR count). The molecule has 0 radical (unpaired) electrons. The number of hydrogen-bond donors (Lipinski definition) is 2. The largest absolute Gasteiger partial charge is 0.478 e. The molecule has 0 atom stereocenters. The Bertz CT molecular complexity index is 694. The van der Waals surface area contributed by atoms with Crippen LogP contribution >= 0.6 is 15.9 Å². The van der Waals surface area contributed by atoms with E-state index in [0.29, 0.717) is 21.7 Å². The summed E-state index contributed by atoms with van der Waals surface area (Å²) >= 11 is 3.14. The number of carbonyl (C=O) groups is 2. The molecule has 0 unspecified atom stereocenters. The van der Waals surface area contributed by atoms with Crippen molar-refractivity contribution >= 4 is 33.5 Å². The highest BCUT2D eigenvalue weighted by Gasteiger charge is 2.17. The van der Waals surface area contributed by atoms with Gasteiger partial charge in [-0.05, 0) is 41.1 Å². The fourth-order valence-electron chi connectivity index (χ4n) is 1.70. The van der Waals surface area contributed by atoms with Gasteiger partial charge < -0.3 is 14.8 Å². The van der Waals surface area contributed by atoms with Crippen molar-refractivity contribution in [2.24, 2.45) is 0 Å². The summed E-state index contributed by atoms with van der Waals surface area (Å²) in [5.74, 6) is -1.04. The number of halogens is 1. The van der Waals surface area contributed by atoms with E-state index in [1.165, 1.54) is 6.07 Å². The molecule has 0 spiro atoms. The summed E-state index contributed by atoms with van der Waals surface area (Å²) in [6, 6.07) is 4.51. The van der Waals surface area contributed by atoms with Crippen molar-refractivity contribution in [3.05, 3.63) is 45.6 Å². The average Bonchev–Trinajstić information content (AvgIpc) is 2.70. The molecule has 1 aromatic carbocycles. The van der Waals surface area contributed by atoms with Gasteiger partial charge >= 0.3 is 5.97 Å². The highest BCUT2D eigenvalue weighted by atomic mass is 79.9. The lowest BCUT2D eigenvalue weighted by Crippen LogP contribution is -2.13. The topological polar surface area (TPSA) is 92.4 Å². The first-order chi connectivity index (χ1) is 9.38. The highest BCUT2D eigenvalue weighted by molar-refractivity contribution is 9.10. The van der Waals surface area contributed by atoms with Gasteiger partial charge in [-0.1, -0.05) is 0 Å². The summed E-state index contributed by atoms with van der Waals surface area (Å²) in [4.78, 5) is 27.0. The van der Waals surface area contributed by atoms with Gasteiger partial charge in [-0.25, -0.2) is 9.78 Å². The van der Waals surface area contributed by atoms with Crippen LogP contribution in [0.4, 0.5) is 5.69 Å². The maximum atomic E-state index is 12.0. The minimum Gasteiger partial charge on any atom is -0.478 e.